The van der Waals surface area contributed by atoms with E-state index in [0.717, 1.165) is 10.9 Å². The molecule has 0 aliphatic heterocycles. The van der Waals surface area contributed by atoms with Crippen LogP contribution in [0.2, 0.25) is 0 Å². The summed E-state index contributed by atoms with van der Waals surface area (Å²) in [6.45, 7) is 3.55. The van der Waals surface area contributed by atoms with E-state index < -0.39 is 0 Å². The van der Waals surface area contributed by atoms with Crippen LogP contribution in [-0.2, 0) is 4.74 Å². The molecule has 0 amide bonds. The van der Waals surface area contributed by atoms with Crippen molar-refractivity contribution in [1.82, 2.24) is 9.97 Å². The molecule has 17 heavy (non-hydrogen) atoms. The summed E-state index contributed by atoms with van der Waals surface area (Å²) in [7, 11) is 0. The predicted octanol–water partition coefficient (Wildman–Crippen LogP) is 1.63. The first kappa shape index (κ1) is 11.6. The third-order valence-electron chi connectivity index (χ3n) is 2.28. The molecule has 2 aromatic rings. The van der Waals surface area contributed by atoms with Crippen LogP contribution in [0.1, 0.15) is 6.92 Å². The number of ether oxygens (including phenoxy) is 2. The van der Waals surface area contributed by atoms with Gasteiger partial charge in [-0.15, -0.1) is 0 Å². The summed E-state index contributed by atoms with van der Waals surface area (Å²) in [6.07, 6.45) is 0. The van der Waals surface area contributed by atoms with Crippen LogP contribution < -0.4 is 10.5 Å². The van der Waals surface area contributed by atoms with Gasteiger partial charge in [0.2, 0.25) is 0 Å². The summed E-state index contributed by atoms with van der Waals surface area (Å²) >= 11 is 0. The molecule has 0 aliphatic rings. The Hall–Kier alpha value is -1.88. The highest BCUT2D eigenvalue weighted by Crippen LogP contribution is 2.19. The van der Waals surface area contributed by atoms with E-state index in [4.69, 9.17) is 15.2 Å². The first-order chi connectivity index (χ1) is 8.31. The lowest BCUT2D eigenvalue weighted by molar-refractivity contribution is 0.106. The van der Waals surface area contributed by atoms with E-state index in [1.807, 2.05) is 31.2 Å². The van der Waals surface area contributed by atoms with Gasteiger partial charge in [0, 0.05) is 12.0 Å². The Balaban J connectivity index is 2.13. The van der Waals surface area contributed by atoms with Gasteiger partial charge < -0.3 is 15.2 Å². The van der Waals surface area contributed by atoms with Gasteiger partial charge in [0.1, 0.15) is 12.4 Å². The molecule has 0 aliphatic carbocycles. The van der Waals surface area contributed by atoms with Gasteiger partial charge in [-0.3, -0.25) is 0 Å². The number of nitrogen functional groups attached to an aromatic ring is 1. The van der Waals surface area contributed by atoms with Gasteiger partial charge in [-0.2, -0.15) is 9.97 Å². The van der Waals surface area contributed by atoms with Crippen LogP contribution in [0.25, 0.3) is 10.9 Å². The number of aromatic nitrogens is 2. The molecule has 0 saturated heterocycles. The predicted molar refractivity (Wildman–Crippen MR) is 65.9 cm³/mol. The molecule has 90 valence electrons. The van der Waals surface area contributed by atoms with Gasteiger partial charge in [-0.25, -0.2) is 0 Å². The molecule has 1 heterocycles. The third-order valence-corrected chi connectivity index (χ3v) is 2.28. The fraction of sp³-hybridized carbons (Fsp3) is 0.333. The smallest absolute Gasteiger partial charge is 0.319 e. The standard InChI is InChI=1S/C12H15N3O2/c1-2-16-7-8-17-12-14-10-6-4-3-5-9(10)11(13)15-12/h3-6H,2,7-8H2,1H3,(H2,13,14,15). The van der Waals surface area contributed by atoms with Crippen LogP contribution in [0.5, 0.6) is 6.01 Å². The Labute approximate surface area is 99.6 Å². The van der Waals surface area contributed by atoms with Crippen molar-refractivity contribution >= 4 is 16.7 Å². The van der Waals surface area contributed by atoms with Crippen LogP contribution >= 0.6 is 0 Å². The maximum absolute atomic E-state index is 5.83. The summed E-state index contributed by atoms with van der Waals surface area (Å²) in [5, 5.41) is 0.838. The van der Waals surface area contributed by atoms with E-state index in [9.17, 15) is 0 Å². The van der Waals surface area contributed by atoms with Crippen LogP contribution in [-0.4, -0.2) is 29.8 Å². The van der Waals surface area contributed by atoms with E-state index >= 15 is 0 Å². The summed E-state index contributed by atoms with van der Waals surface area (Å²) in [4.78, 5) is 8.35. The van der Waals surface area contributed by atoms with E-state index in [-0.39, 0.29) is 0 Å². The van der Waals surface area contributed by atoms with Crippen molar-refractivity contribution < 1.29 is 9.47 Å². The largest absolute Gasteiger partial charge is 0.461 e. The number of fused-ring (bicyclic) bond motifs is 1. The second-order valence-corrected chi connectivity index (χ2v) is 3.45. The SMILES string of the molecule is CCOCCOc1nc(N)c2ccccc2n1. The Morgan fingerprint density at radius 2 is 2.00 bits per heavy atom. The average Bonchev–Trinajstić information content (AvgIpc) is 2.35. The molecule has 1 aromatic heterocycles. The number of nitrogens with two attached hydrogens (primary N) is 1. The lowest BCUT2D eigenvalue weighted by atomic mass is 10.2. The maximum Gasteiger partial charge on any atom is 0.319 e. The number of nitrogens with zero attached hydrogens (tertiary/aromatic N) is 2. The van der Waals surface area contributed by atoms with Gasteiger partial charge >= 0.3 is 6.01 Å². The highest BCUT2D eigenvalue weighted by molar-refractivity contribution is 5.87. The second-order valence-electron chi connectivity index (χ2n) is 3.45. The van der Waals surface area contributed by atoms with Crippen molar-refractivity contribution in [3.05, 3.63) is 24.3 Å². The molecule has 5 heteroatoms. The monoisotopic (exact) mass is 233 g/mol. The number of hydrogen-bond donors (Lipinski definition) is 1. The van der Waals surface area contributed by atoms with E-state index in [0.29, 0.717) is 31.6 Å². The zero-order valence-corrected chi connectivity index (χ0v) is 9.72. The van der Waals surface area contributed by atoms with Crippen molar-refractivity contribution in [3.63, 3.8) is 0 Å². The maximum atomic E-state index is 5.83. The van der Waals surface area contributed by atoms with E-state index in [2.05, 4.69) is 9.97 Å². The molecule has 1 aromatic carbocycles. The number of hydrogen-bond acceptors (Lipinski definition) is 5. The first-order valence-corrected chi connectivity index (χ1v) is 5.54. The molecule has 0 bridgehead atoms. The molecule has 0 fully saturated rings. The Morgan fingerprint density at radius 3 is 2.82 bits per heavy atom. The number of rotatable bonds is 5. The van der Waals surface area contributed by atoms with E-state index in [1.54, 1.807) is 0 Å². The average molecular weight is 233 g/mol. The topological polar surface area (TPSA) is 70.3 Å². The van der Waals surface area contributed by atoms with E-state index in [1.165, 1.54) is 0 Å². The first-order valence-electron chi connectivity index (χ1n) is 5.54. The molecule has 0 atom stereocenters. The Kier molecular flexibility index (Phi) is 3.72. The molecule has 0 saturated carbocycles. The lowest BCUT2D eigenvalue weighted by Gasteiger charge is -2.06. The highest BCUT2D eigenvalue weighted by Gasteiger charge is 2.04. The lowest BCUT2D eigenvalue weighted by Crippen LogP contribution is -2.09. The van der Waals surface area contributed by atoms with Crippen LogP contribution in [0.15, 0.2) is 24.3 Å². The number of benzene rings is 1. The second kappa shape index (κ2) is 5.45. The van der Waals surface area contributed by atoms with Crippen molar-refractivity contribution in [2.45, 2.75) is 6.92 Å². The van der Waals surface area contributed by atoms with Gasteiger partial charge in [0.15, 0.2) is 0 Å². The molecule has 0 unspecified atom stereocenters. The Bertz CT molecular complexity index is 502. The molecule has 5 nitrogen and oxygen atoms in total. The number of para-hydroxylation sites is 1. The quantitative estimate of drug-likeness (QED) is 0.795. The van der Waals surface area contributed by atoms with Crippen LogP contribution in [0.4, 0.5) is 5.82 Å². The van der Waals surface area contributed by atoms with Gasteiger partial charge in [0.25, 0.3) is 0 Å². The fourth-order valence-corrected chi connectivity index (χ4v) is 1.48. The van der Waals surface area contributed by atoms with Crippen LogP contribution in [0.3, 0.4) is 0 Å². The van der Waals surface area contributed by atoms with Gasteiger partial charge in [-0.1, -0.05) is 12.1 Å². The molecular formula is C12H15N3O2. The summed E-state index contributed by atoms with van der Waals surface area (Å²) in [6, 6.07) is 7.86. The number of anilines is 1. The normalized spacial score (nSPS) is 10.6. The zero-order valence-electron chi connectivity index (χ0n) is 9.72. The minimum absolute atomic E-state index is 0.293. The minimum atomic E-state index is 0.293. The summed E-state index contributed by atoms with van der Waals surface area (Å²) in [5.41, 5.74) is 6.61. The molecular weight excluding hydrogens is 218 g/mol. The summed E-state index contributed by atoms with van der Waals surface area (Å²) in [5.74, 6) is 0.432. The van der Waals surface area contributed by atoms with Crippen molar-refractivity contribution in [3.8, 4) is 6.01 Å². The molecule has 2 rings (SSSR count). The van der Waals surface area contributed by atoms with Gasteiger partial charge in [-0.05, 0) is 19.1 Å². The highest BCUT2D eigenvalue weighted by atomic mass is 16.5. The molecule has 2 N–H and O–H groups in total. The zero-order chi connectivity index (χ0) is 12.1. The van der Waals surface area contributed by atoms with Crippen molar-refractivity contribution in [1.29, 1.82) is 0 Å². The van der Waals surface area contributed by atoms with Gasteiger partial charge in [0.05, 0.1) is 12.1 Å². The third kappa shape index (κ3) is 2.82. The molecule has 0 radical (unpaired) electrons. The van der Waals surface area contributed by atoms with Crippen molar-refractivity contribution in [2.24, 2.45) is 0 Å². The minimum Gasteiger partial charge on any atom is -0.461 e. The van der Waals surface area contributed by atoms with Crippen LogP contribution in [0, 0.1) is 0 Å². The molecule has 0 spiro atoms. The fourth-order valence-electron chi connectivity index (χ4n) is 1.48. The summed E-state index contributed by atoms with van der Waals surface area (Å²) < 4.78 is 10.5. The Morgan fingerprint density at radius 1 is 1.18 bits per heavy atom. The van der Waals surface area contributed by atoms with Crippen molar-refractivity contribution in [2.75, 3.05) is 25.6 Å².